The Morgan fingerprint density at radius 3 is 2.43 bits per heavy atom. The van der Waals surface area contributed by atoms with Crippen LogP contribution in [0.25, 0.3) is 16.6 Å². The lowest BCUT2D eigenvalue weighted by Crippen LogP contribution is -2.25. The smallest absolute Gasteiger partial charge is 0.266 e. The molecule has 3 aromatic rings. The highest BCUT2D eigenvalue weighted by Gasteiger charge is 2.16. The normalized spacial score (nSPS) is 11.1. The molecule has 0 N–H and O–H groups in total. The second kappa shape index (κ2) is 5.87. The van der Waals surface area contributed by atoms with E-state index in [1.54, 1.807) is 0 Å². The maximum Gasteiger partial charge on any atom is 0.266 e. The van der Waals surface area contributed by atoms with Crippen LogP contribution in [-0.4, -0.2) is 9.55 Å². The molecule has 0 aliphatic carbocycles. The Labute approximate surface area is 130 Å². The number of rotatable bonds is 3. The molecule has 0 amide bonds. The van der Waals surface area contributed by atoms with Gasteiger partial charge in [-0.3, -0.25) is 9.36 Å². The Bertz CT molecular complexity index is 950. The number of aryl methyl sites for hydroxylation is 1. The van der Waals surface area contributed by atoms with Gasteiger partial charge in [-0.05, 0) is 36.8 Å². The molecule has 0 aliphatic heterocycles. The molecular formula is C17H13F3N2O. The number of aromatic nitrogens is 2. The minimum absolute atomic E-state index is 0.0496. The summed E-state index contributed by atoms with van der Waals surface area (Å²) in [5, 5.41) is 0.0496. The SMILES string of the molecule is CCCc1nc2ccc(F)cc2c(=O)n1-c1ccc(F)cc1F. The summed E-state index contributed by atoms with van der Waals surface area (Å²) < 4.78 is 41.8. The zero-order valence-electron chi connectivity index (χ0n) is 12.3. The van der Waals surface area contributed by atoms with Crippen LogP contribution in [-0.2, 0) is 6.42 Å². The van der Waals surface area contributed by atoms with E-state index in [1.807, 2.05) is 6.92 Å². The fourth-order valence-electron chi connectivity index (χ4n) is 2.51. The predicted molar refractivity (Wildman–Crippen MR) is 81.2 cm³/mol. The van der Waals surface area contributed by atoms with Gasteiger partial charge in [0, 0.05) is 12.5 Å². The van der Waals surface area contributed by atoms with Crippen molar-refractivity contribution >= 4 is 10.9 Å². The van der Waals surface area contributed by atoms with Crippen LogP contribution in [0.4, 0.5) is 13.2 Å². The van der Waals surface area contributed by atoms with E-state index in [9.17, 15) is 18.0 Å². The van der Waals surface area contributed by atoms with E-state index < -0.39 is 23.0 Å². The molecule has 0 aliphatic rings. The Hall–Kier alpha value is -2.63. The summed E-state index contributed by atoms with van der Waals surface area (Å²) in [6, 6.07) is 6.64. The Balaban J connectivity index is 2.39. The van der Waals surface area contributed by atoms with Gasteiger partial charge in [-0.25, -0.2) is 18.2 Å². The van der Waals surface area contributed by atoms with Gasteiger partial charge in [-0.1, -0.05) is 6.92 Å². The topological polar surface area (TPSA) is 34.9 Å². The third kappa shape index (κ3) is 2.72. The molecule has 0 fully saturated rings. The molecule has 0 radical (unpaired) electrons. The summed E-state index contributed by atoms with van der Waals surface area (Å²) in [7, 11) is 0. The molecule has 0 bridgehead atoms. The largest absolute Gasteiger partial charge is 0.268 e. The molecule has 0 unspecified atom stereocenters. The summed E-state index contributed by atoms with van der Waals surface area (Å²) in [6.07, 6.45) is 1.11. The van der Waals surface area contributed by atoms with Crippen molar-refractivity contribution in [3.63, 3.8) is 0 Å². The van der Waals surface area contributed by atoms with E-state index >= 15 is 0 Å². The van der Waals surface area contributed by atoms with Gasteiger partial charge in [0.25, 0.3) is 5.56 Å². The zero-order valence-corrected chi connectivity index (χ0v) is 12.3. The first-order valence-corrected chi connectivity index (χ1v) is 7.18. The van der Waals surface area contributed by atoms with E-state index in [1.165, 1.54) is 18.2 Å². The highest BCUT2D eigenvalue weighted by molar-refractivity contribution is 5.78. The first kappa shape index (κ1) is 15.3. The molecule has 118 valence electrons. The van der Waals surface area contributed by atoms with E-state index in [0.717, 1.165) is 16.7 Å². The van der Waals surface area contributed by atoms with Crippen LogP contribution in [0.5, 0.6) is 0 Å². The van der Waals surface area contributed by atoms with Crippen molar-refractivity contribution in [3.8, 4) is 5.69 Å². The maximum atomic E-state index is 14.1. The lowest BCUT2D eigenvalue weighted by atomic mass is 10.2. The van der Waals surface area contributed by atoms with Crippen molar-refractivity contribution < 1.29 is 13.2 Å². The average Bonchev–Trinajstić information content (AvgIpc) is 2.50. The summed E-state index contributed by atoms with van der Waals surface area (Å²) in [5.74, 6) is -1.84. The molecule has 1 aromatic heterocycles. The molecule has 1 heterocycles. The van der Waals surface area contributed by atoms with Gasteiger partial charge in [-0.15, -0.1) is 0 Å². The zero-order chi connectivity index (χ0) is 16.6. The van der Waals surface area contributed by atoms with E-state index in [4.69, 9.17) is 0 Å². The maximum absolute atomic E-state index is 14.1. The summed E-state index contributed by atoms with van der Waals surface area (Å²) in [4.78, 5) is 17.1. The molecule has 3 rings (SSSR count). The number of fused-ring (bicyclic) bond motifs is 1. The minimum Gasteiger partial charge on any atom is -0.268 e. The van der Waals surface area contributed by atoms with Crippen molar-refractivity contribution in [2.45, 2.75) is 19.8 Å². The quantitative estimate of drug-likeness (QED) is 0.737. The number of hydrogen-bond acceptors (Lipinski definition) is 2. The Kier molecular flexibility index (Phi) is 3.90. The second-order valence-corrected chi connectivity index (χ2v) is 5.18. The molecule has 6 heteroatoms. The van der Waals surface area contributed by atoms with Crippen molar-refractivity contribution in [1.29, 1.82) is 0 Å². The molecule has 23 heavy (non-hydrogen) atoms. The van der Waals surface area contributed by atoms with Crippen LogP contribution in [0.15, 0.2) is 41.2 Å². The Morgan fingerprint density at radius 1 is 1.04 bits per heavy atom. The fourth-order valence-corrected chi connectivity index (χ4v) is 2.51. The lowest BCUT2D eigenvalue weighted by Gasteiger charge is -2.14. The van der Waals surface area contributed by atoms with Crippen LogP contribution in [0.2, 0.25) is 0 Å². The van der Waals surface area contributed by atoms with Gasteiger partial charge < -0.3 is 0 Å². The number of nitrogens with zero attached hydrogens (tertiary/aromatic N) is 2. The van der Waals surface area contributed by atoms with Crippen LogP contribution in [0, 0.1) is 17.5 Å². The summed E-state index contributed by atoms with van der Waals surface area (Å²) >= 11 is 0. The van der Waals surface area contributed by atoms with Crippen LogP contribution >= 0.6 is 0 Å². The van der Waals surface area contributed by atoms with Crippen molar-refractivity contribution in [2.75, 3.05) is 0 Å². The highest BCUT2D eigenvalue weighted by Crippen LogP contribution is 2.18. The van der Waals surface area contributed by atoms with Gasteiger partial charge in [0.2, 0.25) is 0 Å². The van der Waals surface area contributed by atoms with E-state index in [2.05, 4.69) is 4.98 Å². The number of hydrogen-bond donors (Lipinski definition) is 0. The van der Waals surface area contributed by atoms with Crippen molar-refractivity contribution in [1.82, 2.24) is 9.55 Å². The second-order valence-electron chi connectivity index (χ2n) is 5.18. The van der Waals surface area contributed by atoms with Crippen molar-refractivity contribution in [3.05, 3.63) is 70.0 Å². The van der Waals surface area contributed by atoms with Gasteiger partial charge in [0.05, 0.1) is 16.6 Å². The average molecular weight is 318 g/mol. The monoisotopic (exact) mass is 318 g/mol. The van der Waals surface area contributed by atoms with E-state index in [0.29, 0.717) is 30.2 Å². The molecule has 0 spiro atoms. The Morgan fingerprint density at radius 2 is 1.74 bits per heavy atom. The third-order valence-corrected chi connectivity index (χ3v) is 3.52. The van der Waals surface area contributed by atoms with Gasteiger partial charge in [0.1, 0.15) is 23.3 Å². The highest BCUT2D eigenvalue weighted by atomic mass is 19.1. The van der Waals surface area contributed by atoms with Crippen molar-refractivity contribution in [2.24, 2.45) is 0 Å². The number of halogens is 3. The van der Waals surface area contributed by atoms with Gasteiger partial charge >= 0.3 is 0 Å². The lowest BCUT2D eigenvalue weighted by molar-refractivity contribution is 0.573. The predicted octanol–water partition coefficient (Wildman–Crippen LogP) is 3.76. The summed E-state index contributed by atoms with van der Waals surface area (Å²) in [6.45, 7) is 1.90. The molecule has 0 atom stereocenters. The van der Waals surface area contributed by atoms with Gasteiger partial charge in [-0.2, -0.15) is 0 Å². The summed E-state index contributed by atoms with van der Waals surface area (Å²) in [5.41, 5.74) is -0.333. The van der Waals surface area contributed by atoms with Crippen LogP contribution in [0.3, 0.4) is 0 Å². The van der Waals surface area contributed by atoms with E-state index in [-0.39, 0.29) is 11.1 Å². The molecule has 0 saturated carbocycles. The standard InChI is InChI=1S/C17H13F3N2O/c1-2-3-16-21-14-6-4-10(18)8-12(14)17(23)22(16)15-7-5-11(19)9-13(15)20/h4-9H,2-3H2,1H3. The molecular weight excluding hydrogens is 305 g/mol. The fraction of sp³-hybridized carbons (Fsp3) is 0.176. The van der Waals surface area contributed by atoms with Crippen LogP contribution < -0.4 is 5.56 Å². The minimum atomic E-state index is -0.873. The molecule has 0 saturated heterocycles. The molecule has 2 aromatic carbocycles. The van der Waals surface area contributed by atoms with Gasteiger partial charge in [0.15, 0.2) is 0 Å². The molecule has 3 nitrogen and oxygen atoms in total. The van der Waals surface area contributed by atoms with Crippen LogP contribution in [0.1, 0.15) is 19.2 Å². The third-order valence-electron chi connectivity index (χ3n) is 3.52. The first-order chi connectivity index (χ1) is 11.0. The first-order valence-electron chi connectivity index (χ1n) is 7.18. The number of benzene rings is 2.